The fraction of sp³-hybridized carbons (Fsp3) is 0.611. The first-order valence-corrected chi connectivity index (χ1v) is 8.04. The molecule has 1 N–H and O–H groups in total. The lowest BCUT2D eigenvalue weighted by molar-refractivity contribution is -0.146. The Balaban J connectivity index is 2.14. The molecular formula is C18H27NO2. The summed E-state index contributed by atoms with van der Waals surface area (Å²) in [4.78, 5) is 14.4. The fourth-order valence-electron chi connectivity index (χ4n) is 3.40. The summed E-state index contributed by atoms with van der Waals surface area (Å²) in [7, 11) is 0. The quantitative estimate of drug-likeness (QED) is 0.901. The van der Waals surface area contributed by atoms with E-state index in [2.05, 4.69) is 25.7 Å². The molecule has 0 spiro atoms. The van der Waals surface area contributed by atoms with Crippen molar-refractivity contribution in [1.82, 2.24) is 4.90 Å². The van der Waals surface area contributed by atoms with Gasteiger partial charge in [0.05, 0.1) is 5.41 Å². The maximum absolute atomic E-state index is 11.9. The van der Waals surface area contributed by atoms with Crippen molar-refractivity contribution in [2.24, 2.45) is 5.92 Å². The molecule has 1 aromatic rings. The van der Waals surface area contributed by atoms with Crippen LogP contribution < -0.4 is 0 Å². The van der Waals surface area contributed by atoms with Gasteiger partial charge in [-0.15, -0.1) is 0 Å². The summed E-state index contributed by atoms with van der Waals surface area (Å²) in [6, 6.07) is 10.3. The minimum absolute atomic E-state index is 0.526. The van der Waals surface area contributed by atoms with Crippen LogP contribution >= 0.6 is 0 Å². The molecular weight excluding hydrogens is 262 g/mol. The van der Waals surface area contributed by atoms with E-state index in [0.717, 1.165) is 18.7 Å². The van der Waals surface area contributed by atoms with Crippen LogP contribution in [0.4, 0.5) is 0 Å². The second kappa shape index (κ2) is 6.61. The molecule has 3 nitrogen and oxygen atoms in total. The minimum Gasteiger partial charge on any atom is -0.481 e. The molecule has 0 saturated carbocycles. The third-order valence-corrected chi connectivity index (χ3v) is 5.43. The van der Waals surface area contributed by atoms with Crippen molar-refractivity contribution in [3.8, 4) is 0 Å². The van der Waals surface area contributed by atoms with E-state index in [4.69, 9.17) is 0 Å². The van der Waals surface area contributed by atoms with Crippen molar-refractivity contribution in [3.05, 3.63) is 35.9 Å². The normalized spacial score (nSPS) is 21.7. The summed E-state index contributed by atoms with van der Waals surface area (Å²) in [5.41, 5.74) is 0.251. The zero-order valence-corrected chi connectivity index (χ0v) is 13.4. The van der Waals surface area contributed by atoms with Crippen LogP contribution in [-0.4, -0.2) is 35.1 Å². The van der Waals surface area contributed by atoms with Crippen LogP contribution in [0.1, 0.15) is 45.6 Å². The van der Waals surface area contributed by atoms with Gasteiger partial charge in [-0.25, -0.2) is 0 Å². The van der Waals surface area contributed by atoms with Gasteiger partial charge in [0, 0.05) is 6.04 Å². The molecule has 0 aromatic heterocycles. The van der Waals surface area contributed by atoms with Crippen LogP contribution in [-0.2, 0) is 10.2 Å². The number of rotatable bonds is 5. The lowest BCUT2D eigenvalue weighted by Gasteiger charge is -2.43. The maximum atomic E-state index is 11.9. The first-order chi connectivity index (χ1) is 10.0. The Hall–Kier alpha value is -1.35. The van der Waals surface area contributed by atoms with Crippen molar-refractivity contribution < 1.29 is 9.90 Å². The van der Waals surface area contributed by atoms with Crippen molar-refractivity contribution in [1.29, 1.82) is 0 Å². The van der Waals surface area contributed by atoms with E-state index in [1.54, 1.807) is 0 Å². The van der Waals surface area contributed by atoms with Crippen molar-refractivity contribution in [2.75, 3.05) is 13.1 Å². The van der Waals surface area contributed by atoms with Crippen molar-refractivity contribution in [3.63, 3.8) is 0 Å². The van der Waals surface area contributed by atoms with E-state index in [9.17, 15) is 9.90 Å². The fourth-order valence-corrected chi connectivity index (χ4v) is 3.40. The number of carboxylic acids is 1. The second-order valence-corrected chi connectivity index (χ2v) is 6.42. The van der Waals surface area contributed by atoms with Gasteiger partial charge in [-0.05, 0) is 44.3 Å². The van der Waals surface area contributed by atoms with Crippen LogP contribution in [0.3, 0.4) is 0 Å². The van der Waals surface area contributed by atoms with Crippen LogP contribution in [0.2, 0.25) is 0 Å². The van der Waals surface area contributed by atoms with Crippen LogP contribution in [0.15, 0.2) is 30.3 Å². The second-order valence-electron chi connectivity index (χ2n) is 6.42. The molecule has 2 rings (SSSR count). The molecule has 3 heteroatoms. The zero-order chi connectivity index (χ0) is 15.5. The molecule has 1 saturated heterocycles. The van der Waals surface area contributed by atoms with Gasteiger partial charge in [-0.1, -0.05) is 50.6 Å². The van der Waals surface area contributed by atoms with Crippen LogP contribution in [0, 0.1) is 5.92 Å². The average molecular weight is 289 g/mol. The SMILES string of the molecule is CCC(C)C(C)N1CCC(C(=O)O)(c2ccccc2)CC1. The largest absolute Gasteiger partial charge is 0.481 e. The number of benzene rings is 1. The highest BCUT2D eigenvalue weighted by Gasteiger charge is 2.43. The topological polar surface area (TPSA) is 40.5 Å². The summed E-state index contributed by atoms with van der Waals surface area (Å²) >= 11 is 0. The summed E-state index contributed by atoms with van der Waals surface area (Å²) < 4.78 is 0. The van der Waals surface area contributed by atoms with Gasteiger partial charge < -0.3 is 10.0 Å². The van der Waals surface area contributed by atoms with Crippen molar-refractivity contribution in [2.45, 2.75) is 51.5 Å². The van der Waals surface area contributed by atoms with Gasteiger partial charge in [0.25, 0.3) is 0 Å². The first kappa shape index (κ1) is 16.0. The van der Waals surface area contributed by atoms with Gasteiger partial charge in [-0.3, -0.25) is 4.79 Å². The third-order valence-electron chi connectivity index (χ3n) is 5.43. The molecule has 1 aliphatic rings. The number of carboxylic acid groups (broad SMARTS) is 1. The summed E-state index contributed by atoms with van der Waals surface area (Å²) in [6.07, 6.45) is 2.57. The monoisotopic (exact) mass is 289 g/mol. The maximum Gasteiger partial charge on any atom is 0.314 e. The number of hydrogen-bond acceptors (Lipinski definition) is 2. The highest BCUT2D eigenvalue weighted by molar-refractivity contribution is 5.81. The molecule has 1 aromatic carbocycles. The molecule has 0 amide bonds. The van der Waals surface area contributed by atoms with Crippen LogP contribution in [0.5, 0.6) is 0 Å². The van der Waals surface area contributed by atoms with Crippen LogP contribution in [0.25, 0.3) is 0 Å². The van der Waals surface area contributed by atoms with E-state index < -0.39 is 11.4 Å². The molecule has 2 atom stereocenters. The van der Waals surface area contributed by atoms with E-state index in [1.807, 2.05) is 30.3 Å². The Kier molecular flexibility index (Phi) is 5.04. The number of carbonyl (C=O) groups is 1. The summed E-state index contributed by atoms with van der Waals surface area (Å²) in [6.45, 7) is 8.50. The van der Waals surface area contributed by atoms with Gasteiger partial charge in [-0.2, -0.15) is 0 Å². The Morgan fingerprint density at radius 2 is 1.81 bits per heavy atom. The van der Waals surface area contributed by atoms with Gasteiger partial charge in [0.2, 0.25) is 0 Å². The molecule has 116 valence electrons. The highest BCUT2D eigenvalue weighted by Crippen LogP contribution is 2.37. The number of hydrogen-bond donors (Lipinski definition) is 1. The predicted molar refractivity (Wildman–Crippen MR) is 85.5 cm³/mol. The smallest absolute Gasteiger partial charge is 0.314 e. The minimum atomic E-state index is -0.701. The average Bonchev–Trinajstić information content (AvgIpc) is 2.54. The van der Waals surface area contributed by atoms with Gasteiger partial charge in [0.15, 0.2) is 0 Å². The third kappa shape index (κ3) is 3.13. The van der Waals surface area contributed by atoms with Gasteiger partial charge >= 0.3 is 5.97 Å². The lowest BCUT2D eigenvalue weighted by atomic mass is 9.72. The zero-order valence-electron chi connectivity index (χ0n) is 13.4. The number of nitrogens with zero attached hydrogens (tertiary/aromatic N) is 1. The summed E-state index contributed by atoms with van der Waals surface area (Å²) in [5, 5.41) is 9.80. The van der Waals surface area contributed by atoms with E-state index >= 15 is 0 Å². The molecule has 21 heavy (non-hydrogen) atoms. The standard InChI is InChI=1S/C18H27NO2/c1-4-14(2)15(3)19-12-10-18(11-13-19,17(20)21)16-8-6-5-7-9-16/h5-9,14-15H,4,10-13H2,1-3H3,(H,20,21). The van der Waals surface area contributed by atoms with Gasteiger partial charge in [0.1, 0.15) is 0 Å². The molecule has 2 unspecified atom stereocenters. The molecule has 0 bridgehead atoms. The first-order valence-electron chi connectivity index (χ1n) is 8.04. The van der Waals surface area contributed by atoms with E-state index in [-0.39, 0.29) is 0 Å². The molecule has 1 heterocycles. The highest BCUT2D eigenvalue weighted by atomic mass is 16.4. The number of likely N-dealkylation sites (tertiary alicyclic amines) is 1. The Labute approximate surface area is 128 Å². The number of piperidine rings is 1. The molecule has 0 aliphatic carbocycles. The predicted octanol–water partition coefficient (Wildman–Crippen LogP) is 3.54. The molecule has 1 aliphatic heterocycles. The summed E-state index contributed by atoms with van der Waals surface area (Å²) in [5.74, 6) is -0.0244. The molecule has 0 radical (unpaired) electrons. The Morgan fingerprint density at radius 3 is 2.29 bits per heavy atom. The Bertz CT molecular complexity index is 463. The van der Waals surface area contributed by atoms with E-state index in [0.29, 0.717) is 24.8 Å². The Morgan fingerprint density at radius 1 is 1.24 bits per heavy atom. The molecule has 1 fully saturated rings. The number of aliphatic carboxylic acids is 1. The van der Waals surface area contributed by atoms with Crippen molar-refractivity contribution >= 4 is 5.97 Å². The lowest BCUT2D eigenvalue weighted by Crippen LogP contribution is -2.50. The van der Waals surface area contributed by atoms with E-state index in [1.165, 1.54) is 6.42 Å².